The van der Waals surface area contributed by atoms with Gasteiger partial charge in [-0.15, -0.1) is 0 Å². The average Bonchev–Trinajstić information content (AvgIpc) is 3.14. The number of halogens is 1. The maximum Gasteiger partial charge on any atom is 0.425 e. The zero-order valence-corrected chi connectivity index (χ0v) is 49.3. The number of aromatic nitrogens is 3. The molecule has 0 aliphatic rings. The molecule has 422 valence electrons. The summed E-state index contributed by atoms with van der Waals surface area (Å²) in [4.78, 5) is 113. The zero-order chi connectivity index (χ0) is 59.2. The molecule has 0 aliphatic carbocycles. The third-order valence-corrected chi connectivity index (χ3v) is 7.95. The molecular formula is C53H77BrN6O16. The van der Waals surface area contributed by atoms with Crippen LogP contribution in [0.4, 0.5) is 46.2 Å². The Balaban J connectivity index is 0.000000576. The molecule has 0 atom stereocenters. The van der Waals surface area contributed by atoms with Crippen LogP contribution in [0.2, 0.25) is 0 Å². The van der Waals surface area contributed by atoms with E-state index in [1.807, 2.05) is 0 Å². The van der Waals surface area contributed by atoms with Gasteiger partial charge < -0.3 is 38.3 Å². The Kier molecular flexibility index (Phi) is 23.6. The molecule has 23 heteroatoms. The quantitative estimate of drug-likeness (QED) is 0.131. The normalized spacial score (nSPS) is 11.9. The highest BCUT2D eigenvalue weighted by Crippen LogP contribution is 2.25. The van der Waals surface area contributed by atoms with E-state index >= 15 is 0 Å². The first-order chi connectivity index (χ1) is 34.1. The Bertz CT molecular complexity index is 2440. The van der Waals surface area contributed by atoms with Gasteiger partial charge in [0.15, 0.2) is 0 Å². The van der Waals surface area contributed by atoms with E-state index in [-0.39, 0.29) is 36.0 Å². The molecule has 0 aromatic carbocycles. The Labute approximate surface area is 454 Å². The fourth-order valence-electron chi connectivity index (χ4n) is 5.21. The van der Waals surface area contributed by atoms with Crippen molar-refractivity contribution in [2.75, 3.05) is 14.7 Å². The van der Waals surface area contributed by atoms with Gasteiger partial charge in [0.25, 0.3) is 0 Å². The van der Waals surface area contributed by atoms with Crippen LogP contribution in [0.25, 0.3) is 0 Å². The van der Waals surface area contributed by atoms with Crippen molar-refractivity contribution in [3.8, 4) is 0 Å². The number of nitrogens with zero attached hydrogens (tertiary/aromatic N) is 6. The Morgan fingerprint density at radius 3 is 0.855 bits per heavy atom. The summed E-state index contributed by atoms with van der Waals surface area (Å²) in [5, 5.41) is 8.88. The number of amides is 6. The summed E-state index contributed by atoms with van der Waals surface area (Å²) in [6.07, 6.45) is -5.89. The highest BCUT2D eigenvalue weighted by molar-refractivity contribution is 9.10. The average molecular weight is 1130 g/mol. The lowest BCUT2D eigenvalue weighted by Gasteiger charge is -2.28. The highest BCUT2D eigenvalue weighted by Gasteiger charge is 2.37. The first kappa shape index (κ1) is 67.1. The van der Waals surface area contributed by atoms with Crippen LogP contribution in [-0.4, -0.2) is 108 Å². The van der Waals surface area contributed by atoms with Gasteiger partial charge >= 0.3 is 48.5 Å². The number of esters is 1. The lowest BCUT2D eigenvalue weighted by atomic mass is 10.2. The number of anilines is 3. The molecule has 3 heterocycles. The van der Waals surface area contributed by atoms with Gasteiger partial charge in [0.1, 0.15) is 61.3 Å². The maximum absolute atomic E-state index is 12.7. The number of carboxylic acid groups (broad SMARTS) is 1. The van der Waals surface area contributed by atoms with Crippen LogP contribution in [0.3, 0.4) is 0 Å². The molecule has 0 saturated carbocycles. The predicted molar refractivity (Wildman–Crippen MR) is 286 cm³/mol. The molecule has 0 bridgehead atoms. The maximum atomic E-state index is 12.7. The van der Waals surface area contributed by atoms with Crippen LogP contribution in [0.15, 0.2) is 59.2 Å². The number of hydrogen-bond acceptors (Lipinski definition) is 18. The molecule has 0 radical (unpaired) electrons. The second-order valence-electron chi connectivity index (χ2n) is 23.5. The third-order valence-electron chi connectivity index (χ3n) is 7.51. The molecule has 3 aromatic heterocycles. The van der Waals surface area contributed by atoms with Crippen LogP contribution in [-0.2, 0) is 55.6 Å². The first-order valence-corrected chi connectivity index (χ1v) is 24.7. The van der Waals surface area contributed by atoms with Gasteiger partial charge in [0, 0.05) is 0 Å². The largest absolute Gasteiger partial charge is 0.481 e. The molecule has 0 spiro atoms. The van der Waals surface area contributed by atoms with Crippen molar-refractivity contribution in [2.24, 2.45) is 0 Å². The molecule has 76 heavy (non-hydrogen) atoms. The van der Waals surface area contributed by atoms with Gasteiger partial charge in [-0.1, -0.05) is 18.2 Å². The molecule has 0 unspecified atom stereocenters. The highest BCUT2D eigenvalue weighted by atomic mass is 79.9. The van der Waals surface area contributed by atoms with Crippen LogP contribution in [0.1, 0.15) is 157 Å². The fourth-order valence-corrected chi connectivity index (χ4v) is 5.55. The SMILES string of the molecule is CC(C)(C)OC(=O)Cc1cccc(N(C(=O)OC(C)(C)C)C(=O)OC(C)(C)C)n1.CC(C)(C)OC(=O)N(C(=O)OC(C)(C)C)c1cccc(Br)n1.CC(C)(C)OC(=O)N(C(=O)OC(C)(C)C)c1cccc(CC(=O)O)n1. The van der Waals surface area contributed by atoms with Crippen molar-refractivity contribution in [3.63, 3.8) is 0 Å². The van der Waals surface area contributed by atoms with Gasteiger partial charge in [0.05, 0.1) is 24.2 Å². The Morgan fingerprint density at radius 1 is 0.382 bits per heavy atom. The minimum atomic E-state index is -1.08. The summed E-state index contributed by atoms with van der Waals surface area (Å²) < 4.78 is 37.4. The summed E-state index contributed by atoms with van der Waals surface area (Å²) in [6.45, 7) is 35.7. The van der Waals surface area contributed by atoms with Crippen molar-refractivity contribution >= 4 is 81.9 Å². The van der Waals surface area contributed by atoms with E-state index in [2.05, 4.69) is 30.9 Å². The number of rotatable bonds is 7. The van der Waals surface area contributed by atoms with E-state index < -0.39 is 87.7 Å². The van der Waals surface area contributed by atoms with Gasteiger partial charge in [0.2, 0.25) is 0 Å². The molecule has 6 amide bonds. The summed E-state index contributed by atoms with van der Waals surface area (Å²) in [5.41, 5.74) is -4.92. The predicted octanol–water partition coefficient (Wildman–Crippen LogP) is 12.5. The van der Waals surface area contributed by atoms with E-state index in [0.717, 1.165) is 9.80 Å². The molecule has 0 fully saturated rings. The number of carbonyl (C=O) groups is 8. The van der Waals surface area contributed by atoms with Crippen molar-refractivity contribution in [1.82, 2.24) is 15.0 Å². The van der Waals surface area contributed by atoms with Crippen LogP contribution in [0.5, 0.6) is 0 Å². The number of imide groups is 3. The van der Waals surface area contributed by atoms with E-state index in [9.17, 15) is 38.4 Å². The second-order valence-corrected chi connectivity index (χ2v) is 24.3. The monoisotopic (exact) mass is 1130 g/mol. The molecular weight excluding hydrogens is 1060 g/mol. The molecule has 0 aliphatic heterocycles. The molecule has 22 nitrogen and oxygen atoms in total. The van der Waals surface area contributed by atoms with Crippen LogP contribution < -0.4 is 14.7 Å². The lowest BCUT2D eigenvalue weighted by molar-refractivity contribution is -0.154. The molecule has 0 saturated heterocycles. The van der Waals surface area contributed by atoms with Gasteiger partial charge in [-0.3, -0.25) is 9.59 Å². The lowest BCUT2D eigenvalue weighted by Crippen LogP contribution is -2.44. The molecule has 1 N–H and O–H groups in total. The molecule has 3 rings (SSSR count). The van der Waals surface area contributed by atoms with Crippen molar-refractivity contribution in [3.05, 3.63) is 70.6 Å². The van der Waals surface area contributed by atoms with Crippen molar-refractivity contribution < 1.29 is 76.6 Å². The number of hydrogen-bond donors (Lipinski definition) is 1. The fraction of sp³-hybridized carbons (Fsp3) is 0.566. The van der Waals surface area contributed by atoms with Crippen LogP contribution >= 0.6 is 15.9 Å². The standard InChI is InChI=1S/C21H32N2O6.C17H24N2O6.C15H21BrN2O4/c1-19(2,3)27-16(24)13-14-11-10-12-15(22-14)23(17(25)28-20(4,5)6)18(26)29-21(7,8)9;1-16(2,3)24-14(22)19(15(23)25-17(4,5)6)12-9-7-8-11(18-12)10-13(20)21;1-14(2,3)21-12(19)18(13(20)22-15(4,5)6)11-9-7-8-10(16)17-11/h10-12H,13H2,1-9H3;7-9H,10H2,1-6H3,(H,20,21);7-9H,1-6H3. The summed E-state index contributed by atoms with van der Waals surface area (Å²) >= 11 is 3.21. The van der Waals surface area contributed by atoms with E-state index in [1.54, 1.807) is 170 Å². The van der Waals surface area contributed by atoms with E-state index in [0.29, 0.717) is 15.2 Å². The number of carbonyl (C=O) groups excluding carboxylic acids is 7. The van der Waals surface area contributed by atoms with Gasteiger partial charge in [-0.05, 0) is 198 Å². The zero-order valence-electron chi connectivity index (χ0n) is 47.7. The van der Waals surface area contributed by atoms with Crippen molar-refractivity contribution in [2.45, 2.75) is 197 Å². The minimum Gasteiger partial charge on any atom is -0.481 e. The van der Waals surface area contributed by atoms with Crippen molar-refractivity contribution in [1.29, 1.82) is 0 Å². The number of pyridine rings is 3. The van der Waals surface area contributed by atoms with Crippen LogP contribution in [0, 0.1) is 0 Å². The van der Waals surface area contributed by atoms with Gasteiger partial charge in [-0.25, -0.2) is 43.7 Å². The summed E-state index contributed by atoms with van der Waals surface area (Å²) in [7, 11) is 0. The smallest absolute Gasteiger partial charge is 0.425 e. The van der Waals surface area contributed by atoms with E-state index in [1.165, 1.54) is 30.3 Å². The topological polar surface area (TPSA) is 270 Å². The minimum absolute atomic E-state index is 0.00504. The number of carboxylic acids is 1. The van der Waals surface area contributed by atoms with Gasteiger partial charge in [-0.2, -0.15) is 14.7 Å². The Morgan fingerprint density at radius 2 is 0.618 bits per heavy atom. The molecule has 3 aromatic rings. The first-order valence-electron chi connectivity index (χ1n) is 23.9. The summed E-state index contributed by atoms with van der Waals surface area (Å²) in [5.74, 6) is -1.50. The summed E-state index contributed by atoms with van der Waals surface area (Å²) in [6, 6.07) is 13.9. The Hall–Kier alpha value is -6.91. The third kappa shape index (κ3) is 28.1. The number of aliphatic carboxylic acids is 1. The second kappa shape index (κ2) is 26.7. The number of ether oxygens (including phenoxy) is 7. The van der Waals surface area contributed by atoms with E-state index in [4.69, 9.17) is 38.3 Å².